The quantitative estimate of drug-likeness (QED) is 0.196. The molecule has 0 bridgehead atoms. The highest BCUT2D eigenvalue weighted by Crippen LogP contribution is 2.33. The zero-order chi connectivity index (χ0) is 27.9. The first-order valence-corrected chi connectivity index (χ1v) is 13.9. The topological polar surface area (TPSA) is 107 Å². The van der Waals surface area contributed by atoms with Gasteiger partial charge >= 0.3 is 5.97 Å². The minimum Gasteiger partial charge on any atom is -0.497 e. The average molecular weight is 545 g/mol. The fourth-order valence-electron chi connectivity index (χ4n) is 4.31. The van der Waals surface area contributed by atoms with Gasteiger partial charge in [0.2, 0.25) is 10.0 Å². The minimum atomic E-state index is -3.83. The molecule has 9 nitrogen and oxygen atoms in total. The second-order valence-electron chi connectivity index (χ2n) is 8.77. The first-order chi connectivity index (χ1) is 18.2. The van der Waals surface area contributed by atoms with Gasteiger partial charge in [-0.3, -0.25) is 0 Å². The summed E-state index contributed by atoms with van der Waals surface area (Å²) in [6, 6.07) is 10.6. The van der Waals surface area contributed by atoms with E-state index in [0.29, 0.717) is 53.7 Å². The molecule has 0 saturated carbocycles. The number of ether oxygens (including phenoxy) is 3. The van der Waals surface area contributed by atoms with E-state index in [1.165, 1.54) is 24.6 Å². The summed E-state index contributed by atoms with van der Waals surface area (Å²) in [5.74, 6) is 0.126. The van der Waals surface area contributed by atoms with Crippen LogP contribution in [0.1, 0.15) is 37.9 Å². The van der Waals surface area contributed by atoms with Crippen molar-refractivity contribution in [3.63, 3.8) is 0 Å². The number of sulfonamides is 1. The molecule has 3 rings (SSSR count). The highest BCUT2D eigenvalue weighted by molar-refractivity contribution is 7.89. The number of aliphatic hydroxyl groups is 1. The SMILES string of the molecule is CCCN(CCC)S(=O)(=O)c1cc(/C=C/C(=O)OC)c2cn(-c3ccc(OC)cc3)c(CC(O)OC)c2c1. The van der Waals surface area contributed by atoms with Crippen LogP contribution < -0.4 is 4.74 Å². The molecule has 0 spiro atoms. The van der Waals surface area contributed by atoms with E-state index in [4.69, 9.17) is 14.2 Å². The van der Waals surface area contributed by atoms with E-state index in [0.717, 1.165) is 5.69 Å². The van der Waals surface area contributed by atoms with Crippen molar-refractivity contribution < 1.29 is 32.5 Å². The Bertz CT molecular complexity index is 1370. The maximum absolute atomic E-state index is 13.8. The van der Waals surface area contributed by atoms with Gasteiger partial charge in [0.25, 0.3) is 0 Å². The summed E-state index contributed by atoms with van der Waals surface area (Å²) in [6.45, 7) is 4.66. The van der Waals surface area contributed by atoms with Gasteiger partial charge in [-0.05, 0) is 60.9 Å². The molecular weight excluding hydrogens is 508 g/mol. The van der Waals surface area contributed by atoms with Gasteiger partial charge in [0.15, 0.2) is 6.29 Å². The van der Waals surface area contributed by atoms with Crippen molar-refractivity contribution in [2.45, 2.75) is 44.3 Å². The molecule has 3 aromatic rings. The molecule has 2 aromatic carbocycles. The van der Waals surface area contributed by atoms with Gasteiger partial charge in [-0.25, -0.2) is 13.2 Å². The van der Waals surface area contributed by atoms with Crippen molar-refractivity contribution in [1.29, 1.82) is 0 Å². The Morgan fingerprint density at radius 3 is 2.26 bits per heavy atom. The number of carbonyl (C=O) groups is 1. The zero-order valence-electron chi connectivity index (χ0n) is 22.5. The molecule has 1 unspecified atom stereocenters. The van der Waals surface area contributed by atoms with Crippen LogP contribution in [0.5, 0.6) is 5.75 Å². The number of hydrogen-bond acceptors (Lipinski definition) is 7. The van der Waals surface area contributed by atoms with Crippen molar-refractivity contribution in [2.75, 3.05) is 34.4 Å². The van der Waals surface area contributed by atoms with E-state index >= 15 is 0 Å². The Hall–Kier alpha value is -3.18. The molecule has 0 radical (unpaired) electrons. The summed E-state index contributed by atoms with van der Waals surface area (Å²) in [6.07, 6.45) is 5.00. The molecule has 1 atom stereocenters. The van der Waals surface area contributed by atoms with Gasteiger partial charge in [0.05, 0.1) is 19.1 Å². The lowest BCUT2D eigenvalue weighted by atomic mass is 10.1. The summed E-state index contributed by atoms with van der Waals surface area (Å²) in [5, 5.41) is 11.7. The number of rotatable bonds is 13. The minimum absolute atomic E-state index is 0.101. The van der Waals surface area contributed by atoms with Crippen LogP contribution in [0.2, 0.25) is 0 Å². The number of carbonyl (C=O) groups excluding carboxylic acids is 1. The van der Waals surface area contributed by atoms with Crippen LogP contribution in [-0.4, -0.2) is 69.1 Å². The molecule has 0 fully saturated rings. The third kappa shape index (κ3) is 6.44. The third-order valence-electron chi connectivity index (χ3n) is 6.22. The molecule has 1 heterocycles. The lowest BCUT2D eigenvalue weighted by molar-refractivity contribution is -0.134. The summed E-state index contributed by atoms with van der Waals surface area (Å²) >= 11 is 0. The maximum Gasteiger partial charge on any atom is 0.330 e. The second-order valence-corrected chi connectivity index (χ2v) is 10.7. The molecule has 0 aliphatic rings. The Labute approximate surface area is 224 Å². The molecule has 0 saturated heterocycles. The molecule has 38 heavy (non-hydrogen) atoms. The fourth-order valence-corrected chi connectivity index (χ4v) is 6.00. The Morgan fingerprint density at radius 2 is 1.71 bits per heavy atom. The van der Waals surface area contributed by atoms with Crippen molar-refractivity contribution in [3.05, 3.63) is 59.9 Å². The zero-order valence-corrected chi connectivity index (χ0v) is 23.3. The van der Waals surface area contributed by atoms with E-state index in [9.17, 15) is 18.3 Å². The molecule has 206 valence electrons. The van der Waals surface area contributed by atoms with Gasteiger partial charge in [0.1, 0.15) is 5.75 Å². The van der Waals surface area contributed by atoms with Crippen molar-refractivity contribution >= 4 is 32.8 Å². The number of nitrogens with zero attached hydrogens (tertiary/aromatic N) is 2. The van der Waals surface area contributed by atoms with Crippen molar-refractivity contribution in [1.82, 2.24) is 8.87 Å². The van der Waals surface area contributed by atoms with Crippen LogP contribution in [0, 0.1) is 0 Å². The van der Waals surface area contributed by atoms with Crippen LogP contribution in [0.4, 0.5) is 0 Å². The van der Waals surface area contributed by atoms with Gasteiger partial charge in [-0.1, -0.05) is 13.8 Å². The van der Waals surface area contributed by atoms with E-state index in [-0.39, 0.29) is 11.3 Å². The van der Waals surface area contributed by atoms with Crippen LogP contribution >= 0.6 is 0 Å². The monoisotopic (exact) mass is 544 g/mol. The molecule has 0 aliphatic heterocycles. The van der Waals surface area contributed by atoms with Crippen LogP contribution in [0.15, 0.2) is 53.6 Å². The Kier molecular flexibility index (Phi) is 10.1. The smallest absolute Gasteiger partial charge is 0.330 e. The van der Waals surface area contributed by atoms with Gasteiger partial charge in [-0.15, -0.1) is 0 Å². The predicted molar refractivity (Wildman–Crippen MR) is 147 cm³/mol. The lowest BCUT2D eigenvalue weighted by Crippen LogP contribution is -2.32. The van der Waals surface area contributed by atoms with Gasteiger partial charge in [-0.2, -0.15) is 4.31 Å². The lowest BCUT2D eigenvalue weighted by Gasteiger charge is -2.21. The van der Waals surface area contributed by atoms with Crippen LogP contribution in [-0.2, 0) is 30.7 Å². The first-order valence-electron chi connectivity index (χ1n) is 12.5. The number of hydrogen-bond donors (Lipinski definition) is 1. The summed E-state index contributed by atoms with van der Waals surface area (Å²) in [5.41, 5.74) is 1.97. The highest BCUT2D eigenvalue weighted by Gasteiger charge is 2.26. The summed E-state index contributed by atoms with van der Waals surface area (Å²) < 4.78 is 46.0. The van der Waals surface area contributed by atoms with Gasteiger partial charge in [0, 0.05) is 61.0 Å². The normalized spacial score (nSPS) is 12.9. The van der Waals surface area contributed by atoms with Crippen LogP contribution in [0.3, 0.4) is 0 Å². The summed E-state index contributed by atoms with van der Waals surface area (Å²) in [7, 11) is 0.433. The van der Waals surface area contributed by atoms with E-state index in [1.807, 2.05) is 48.9 Å². The molecule has 1 N–H and O–H groups in total. The maximum atomic E-state index is 13.8. The molecule has 1 aromatic heterocycles. The molecule has 10 heteroatoms. The third-order valence-corrected chi connectivity index (χ3v) is 8.10. The van der Waals surface area contributed by atoms with E-state index in [2.05, 4.69) is 0 Å². The fraction of sp³-hybridized carbons (Fsp3) is 0.393. The number of fused-ring (bicyclic) bond motifs is 1. The van der Waals surface area contributed by atoms with E-state index in [1.54, 1.807) is 25.3 Å². The Balaban J connectivity index is 2.35. The number of esters is 1. The standard InChI is InChI=1S/C28H36N2O7S/c1-6-14-29(15-7-2)38(33,34)23-16-20(8-13-27(31)36-4)25-19-30(21-9-11-22(35-3)12-10-21)26(24(25)17-23)18-28(32)37-5/h8-13,16-17,19,28,32H,6-7,14-15,18H2,1-5H3/b13-8+. The number of aliphatic hydroxyl groups excluding tert-OH is 1. The van der Waals surface area contributed by atoms with Crippen LogP contribution in [0.25, 0.3) is 22.5 Å². The summed E-state index contributed by atoms with van der Waals surface area (Å²) in [4.78, 5) is 12.0. The largest absolute Gasteiger partial charge is 0.497 e. The number of benzene rings is 2. The average Bonchev–Trinajstić information content (AvgIpc) is 3.29. The highest BCUT2D eigenvalue weighted by atomic mass is 32.2. The van der Waals surface area contributed by atoms with Crippen molar-refractivity contribution in [3.8, 4) is 11.4 Å². The first kappa shape index (κ1) is 29.4. The Morgan fingerprint density at radius 1 is 1.05 bits per heavy atom. The predicted octanol–water partition coefficient (Wildman–Crippen LogP) is 4.14. The number of aromatic nitrogens is 1. The second kappa shape index (κ2) is 13.1. The van der Waals surface area contributed by atoms with E-state index < -0.39 is 22.3 Å². The molecular formula is C28H36N2O7S. The van der Waals surface area contributed by atoms with Gasteiger partial charge < -0.3 is 23.9 Å². The number of methoxy groups -OCH3 is 3. The molecule has 0 aliphatic carbocycles. The molecule has 0 amide bonds. The van der Waals surface area contributed by atoms with Crippen molar-refractivity contribution in [2.24, 2.45) is 0 Å².